The van der Waals surface area contributed by atoms with Crippen molar-refractivity contribution < 1.29 is 0 Å². The summed E-state index contributed by atoms with van der Waals surface area (Å²) in [5, 5.41) is 0. The maximum atomic E-state index is 5.76. The van der Waals surface area contributed by atoms with Gasteiger partial charge in [-0.25, -0.2) is 0 Å². The van der Waals surface area contributed by atoms with E-state index in [-0.39, 0.29) is 0 Å². The van der Waals surface area contributed by atoms with Gasteiger partial charge in [0.25, 0.3) is 0 Å². The normalized spacial score (nSPS) is 13.7. The summed E-state index contributed by atoms with van der Waals surface area (Å²) in [5.74, 6) is 0. The molecule has 0 unspecified atom stereocenters. The fourth-order valence-electron chi connectivity index (χ4n) is 0.908. The van der Waals surface area contributed by atoms with Gasteiger partial charge in [0.05, 0.1) is 0 Å². The predicted octanol–water partition coefficient (Wildman–Crippen LogP) is 2.99. The van der Waals surface area contributed by atoms with Gasteiger partial charge in [0.1, 0.15) is 0 Å². The summed E-state index contributed by atoms with van der Waals surface area (Å²) < 4.78 is 0. The minimum Gasteiger partial charge on any atom is -0.399 e. The Labute approximate surface area is 70.0 Å². The molecule has 0 aliphatic heterocycles. The van der Waals surface area contributed by atoms with E-state index in [1.807, 2.05) is 19.1 Å². The summed E-state index contributed by atoms with van der Waals surface area (Å²) in [5.41, 5.74) is 8.00. The molecule has 0 spiro atoms. The van der Waals surface area contributed by atoms with Crippen LogP contribution in [-0.2, 0) is 0 Å². The molecule has 0 aliphatic rings. The van der Waals surface area contributed by atoms with E-state index in [0.717, 1.165) is 12.1 Å². The molecule has 2 N–H and O–H groups in total. The van der Waals surface area contributed by atoms with Gasteiger partial charge in [0.15, 0.2) is 0 Å². The average molecular weight is 153 g/mol. The van der Waals surface area contributed by atoms with Crippen LogP contribution in [0.25, 0.3) is 0 Å². The average Bonchev–Trinajstić information content (AvgIpc) is 2.00. The standard InChI is InChI=1S/C10H19N/c1-4-6-8-9(3)10(11)7-5-2/h5,7H,4,6,8,11H2,1-3H3/b7-5+,10-9+. The van der Waals surface area contributed by atoms with Gasteiger partial charge in [-0.2, -0.15) is 0 Å². The lowest BCUT2D eigenvalue weighted by Crippen LogP contribution is -1.97. The highest BCUT2D eigenvalue weighted by molar-refractivity contribution is 5.20. The maximum Gasteiger partial charge on any atom is 0.0299 e. The van der Waals surface area contributed by atoms with Crippen LogP contribution in [0.4, 0.5) is 0 Å². The first-order valence-corrected chi connectivity index (χ1v) is 4.30. The number of unbranched alkanes of at least 4 members (excludes halogenated alkanes) is 1. The molecule has 0 saturated heterocycles. The third kappa shape index (κ3) is 4.65. The molecule has 0 aliphatic carbocycles. The number of rotatable bonds is 4. The van der Waals surface area contributed by atoms with Crippen molar-refractivity contribution in [1.82, 2.24) is 0 Å². The molecule has 0 heterocycles. The fourth-order valence-corrected chi connectivity index (χ4v) is 0.908. The lowest BCUT2D eigenvalue weighted by Gasteiger charge is -2.01. The number of allylic oxidation sites excluding steroid dienone is 3. The third-order valence-corrected chi connectivity index (χ3v) is 1.74. The first kappa shape index (κ1) is 10.3. The molecule has 0 aromatic heterocycles. The summed E-state index contributed by atoms with van der Waals surface area (Å²) in [4.78, 5) is 0. The van der Waals surface area contributed by atoms with E-state index in [4.69, 9.17) is 5.73 Å². The molecular weight excluding hydrogens is 134 g/mol. The molecule has 0 bridgehead atoms. The zero-order valence-electron chi connectivity index (χ0n) is 7.85. The zero-order chi connectivity index (χ0) is 8.69. The molecular formula is C10H19N. The highest BCUT2D eigenvalue weighted by atomic mass is 14.6. The van der Waals surface area contributed by atoms with Crippen molar-refractivity contribution in [2.75, 3.05) is 0 Å². The zero-order valence-corrected chi connectivity index (χ0v) is 7.85. The van der Waals surface area contributed by atoms with Crippen molar-refractivity contribution in [2.24, 2.45) is 5.73 Å². The largest absolute Gasteiger partial charge is 0.399 e. The Bertz CT molecular complexity index is 154. The van der Waals surface area contributed by atoms with E-state index < -0.39 is 0 Å². The lowest BCUT2D eigenvalue weighted by molar-refractivity contribution is 0.782. The molecule has 1 nitrogen and oxygen atoms in total. The molecule has 11 heavy (non-hydrogen) atoms. The fraction of sp³-hybridized carbons (Fsp3) is 0.600. The van der Waals surface area contributed by atoms with Gasteiger partial charge in [0.2, 0.25) is 0 Å². The summed E-state index contributed by atoms with van der Waals surface area (Å²) in [7, 11) is 0. The van der Waals surface area contributed by atoms with E-state index in [1.54, 1.807) is 0 Å². The van der Waals surface area contributed by atoms with Crippen LogP contribution >= 0.6 is 0 Å². The smallest absolute Gasteiger partial charge is 0.0299 e. The maximum absolute atomic E-state index is 5.76. The molecule has 0 fully saturated rings. The van der Waals surface area contributed by atoms with Gasteiger partial charge in [-0.05, 0) is 32.8 Å². The van der Waals surface area contributed by atoms with Crippen LogP contribution in [0.1, 0.15) is 40.0 Å². The molecule has 64 valence electrons. The monoisotopic (exact) mass is 153 g/mol. The van der Waals surface area contributed by atoms with Gasteiger partial charge in [-0.15, -0.1) is 0 Å². The topological polar surface area (TPSA) is 26.0 Å². The highest BCUT2D eigenvalue weighted by Gasteiger charge is 1.92. The van der Waals surface area contributed by atoms with Gasteiger partial charge < -0.3 is 5.73 Å². The second-order valence-corrected chi connectivity index (χ2v) is 2.84. The van der Waals surface area contributed by atoms with Crippen molar-refractivity contribution >= 4 is 0 Å². The molecule has 0 saturated carbocycles. The Morgan fingerprint density at radius 3 is 2.55 bits per heavy atom. The van der Waals surface area contributed by atoms with Crippen LogP contribution < -0.4 is 5.73 Å². The highest BCUT2D eigenvalue weighted by Crippen LogP contribution is 2.09. The molecule has 0 rings (SSSR count). The molecule has 0 radical (unpaired) electrons. The van der Waals surface area contributed by atoms with E-state index in [9.17, 15) is 0 Å². The van der Waals surface area contributed by atoms with Crippen molar-refractivity contribution in [3.63, 3.8) is 0 Å². The summed E-state index contributed by atoms with van der Waals surface area (Å²) in [6.07, 6.45) is 7.55. The first-order chi connectivity index (χ1) is 5.22. The minimum atomic E-state index is 0.931. The van der Waals surface area contributed by atoms with E-state index in [1.165, 1.54) is 18.4 Å². The SMILES string of the molecule is C/C=C/C(N)=C(/C)CCCC. The Morgan fingerprint density at radius 1 is 1.45 bits per heavy atom. The summed E-state index contributed by atoms with van der Waals surface area (Å²) in [6, 6.07) is 0. The van der Waals surface area contributed by atoms with Gasteiger partial charge in [-0.1, -0.05) is 25.0 Å². The second kappa shape index (κ2) is 6.02. The summed E-state index contributed by atoms with van der Waals surface area (Å²) >= 11 is 0. The number of hydrogen-bond donors (Lipinski definition) is 1. The minimum absolute atomic E-state index is 0.931. The van der Waals surface area contributed by atoms with Gasteiger partial charge >= 0.3 is 0 Å². The van der Waals surface area contributed by atoms with Crippen molar-refractivity contribution in [1.29, 1.82) is 0 Å². The van der Waals surface area contributed by atoms with Crippen molar-refractivity contribution in [3.8, 4) is 0 Å². The Kier molecular flexibility index (Phi) is 5.63. The molecule has 0 atom stereocenters. The quantitative estimate of drug-likeness (QED) is 0.617. The molecule has 0 aromatic rings. The molecule has 0 amide bonds. The molecule has 0 aromatic carbocycles. The van der Waals surface area contributed by atoms with Crippen LogP contribution in [0.15, 0.2) is 23.4 Å². The van der Waals surface area contributed by atoms with E-state index in [2.05, 4.69) is 13.8 Å². The van der Waals surface area contributed by atoms with Crippen LogP contribution in [0.3, 0.4) is 0 Å². The number of hydrogen-bond acceptors (Lipinski definition) is 1. The van der Waals surface area contributed by atoms with E-state index in [0.29, 0.717) is 0 Å². The first-order valence-electron chi connectivity index (χ1n) is 4.30. The second-order valence-electron chi connectivity index (χ2n) is 2.84. The number of nitrogens with two attached hydrogens (primary N) is 1. The molecule has 1 heteroatoms. The van der Waals surface area contributed by atoms with Crippen molar-refractivity contribution in [2.45, 2.75) is 40.0 Å². The lowest BCUT2D eigenvalue weighted by atomic mass is 10.1. The predicted molar refractivity (Wildman–Crippen MR) is 51.2 cm³/mol. The van der Waals surface area contributed by atoms with Gasteiger partial charge in [0, 0.05) is 5.70 Å². The van der Waals surface area contributed by atoms with Crippen molar-refractivity contribution in [3.05, 3.63) is 23.4 Å². The Hall–Kier alpha value is -0.720. The van der Waals surface area contributed by atoms with Crippen LogP contribution in [0.2, 0.25) is 0 Å². The van der Waals surface area contributed by atoms with Gasteiger partial charge in [-0.3, -0.25) is 0 Å². The van der Waals surface area contributed by atoms with Crippen LogP contribution in [-0.4, -0.2) is 0 Å². The van der Waals surface area contributed by atoms with Crippen LogP contribution in [0.5, 0.6) is 0 Å². The third-order valence-electron chi connectivity index (χ3n) is 1.74. The van der Waals surface area contributed by atoms with E-state index >= 15 is 0 Å². The Morgan fingerprint density at radius 2 is 2.09 bits per heavy atom. The Balaban J connectivity index is 3.94. The summed E-state index contributed by atoms with van der Waals surface area (Å²) in [6.45, 7) is 6.28. The van der Waals surface area contributed by atoms with Crippen LogP contribution in [0, 0.1) is 0 Å².